The quantitative estimate of drug-likeness (QED) is 0.816. The predicted molar refractivity (Wildman–Crippen MR) is 87.7 cm³/mol. The number of nitrogens with zero attached hydrogens (tertiary/aromatic N) is 1. The maximum atomic E-state index is 12.3. The van der Waals surface area contributed by atoms with Gasteiger partial charge in [0.05, 0.1) is 0 Å². The van der Waals surface area contributed by atoms with E-state index in [9.17, 15) is 4.79 Å². The normalized spacial score (nSPS) is 28.3. The molecular formula is C19H27NO. The summed E-state index contributed by atoms with van der Waals surface area (Å²) >= 11 is 0. The molecule has 0 N–H and O–H groups in total. The largest absolute Gasteiger partial charge is 0.370 e. The van der Waals surface area contributed by atoms with Crippen LogP contribution in [0.2, 0.25) is 0 Å². The first-order valence-corrected chi connectivity index (χ1v) is 8.30. The van der Waals surface area contributed by atoms with Crippen LogP contribution < -0.4 is 4.90 Å². The average molecular weight is 285 g/mol. The number of carbonyl (C=O) groups is 1. The van der Waals surface area contributed by atoms with E-state index in [1.807, 2.05) is 0 Å². The third kappa shape index (κ3) is 3.14. The summed E-state index contributed by atoms with van der Waals surface area (Å²) in [6, 6.07) is 8.71. The molecule has 114 valence electrons. The topological polar surface area (TPSA) is 20.3 Å². The van der Waals surface area contributed by atoms with E-state index in [1.165, 1.54) is 11.3 Å². The van der Waals surface area contributed by atoms with Crippen LogP contribution >= 0.6 is 0 Å². The number of rotatable bonds is 2. The summed E-state index contributed by atoms with van der Waals surface area (Å²) in [7, 11) is 0. The number of Topliss-reactive ketones (excluding diaryl/α,β-unsaturated/α-hetero) is 1. The Kier molecular flexibility index (Phi) is 3.81. The van der Waals surface area contributed by atoms with Gasteiger partial charge in [-0.25, -0.2) is 0 Å². The highest BCUT2D eigenvalue weighted by molar-refractivity contribution is 5.82. The second-order valence-electron chi connectivity index (χ2n) is 7.87. The molecule has 2 atom stereocenters. The van der Waals surface area contributed by atoms with Crippen LogP contribution in [0.15, 0.2) is 24.3 Å². The van der Waals surface area contributed by atoms with Crippen LogP contribution in [-0.4, -0.2) is 18.9 Å². The minimum absolute atomic E-state index is 0.215. The smallest absolute Gasteiger partial charge is 0.137 e. The molecule has 1 aromatic carbocycles. The van der Waals surface area contributed by atoms with Crippen molar-refractivity contribution in [1.29, 1.82) is 0 Å². The van der Waals surface area contributed by atoms with Gasteiger partial charge in [-0.3, -0.25) is 4.79 Å². The summed E-state index contributed by atoms with van der Waals surface area (Å²) in [5, 5.41) is 0. The van der Waals surface area contributed by atoms with E-state index in [1.54, 1.807) is 0 Å². The molecule has 1 fully saturated rings. The molecule has 1 aliphatic carbocycles. The second-order valence-corrected chi connectivity index (χ2v) is 7.87. The third-order valence-corrected chi connectivity index (χ3v) is 5.18. The van der Waals surface area contributed by atoms with E-state index in [-0.39, 0.29) is 5.92 Å². The minimum atomic E-state index is 0.215. The number of hydrogen-bond acceptors (Lipinski definition) is 2. The lowest BCUT2D eigenvalue weighted by Gasteiger charge is -2.40. The molecular weight excluding hydrogens is 258 g/mol. The zero-order chi connectivity index (χ0) is 15.0. The molecule has 0 saturated heterocycles. The number of para-hydroxylation sites is 1. The van der Waals surface area contributed by atoms with E-state index in [0.29, 0.717) is 17.1 Å². The van der Waals surface area contributed by atoms with Crippen LogP contribution in [-0.2, 0) is 11.2 Å². The molecule has 2 nitrogen and oxygen atoms in total. The molecule has 0 radical (unpaired) electrons. The molecule has 0 spiro atoms. The average Bonchev–Trinajstić information content (AvgIpc) is 2.42. The lowest BCUT2D eigenvalue weighted by molar-refractivity contribution is -0.126. The number of fused-ring (bicyclic) bond motifs is 1. The van der Waals surface area contributed by atoms with Crippen LogP contribution in [0.5, 0.6) is 0 Å². The van der Waals surface area contributed by atoms with E-state index in [0.717, 1.165) is 38.8 Å². The summed E-state index contributed by atoms with van der Waals surface area (Å²) in [5.74, 6) is 1.36. The van der Waals surface area contributed by atoms with E-state index >= 15 is 0 Å². The summed E-state index contributed by atoms with van der Waals surface area (Å²) in [6.07, 6.45) is 4.02. The Morgan fingerprint density at radius 3 is 2.86 bits per heavy atom. The van der Waals surface area contributed by atoms with Gasteiger partial charge < -0.3 is 4.90 Å². The first-order valence-electron chi connectivity index (χ1n) is 8.30. The van der Waals surface area contributed by atoms with Gasteiger partial charge in [-0.1, -0.05) is 39.0 Å². The van der Waals surface area contributed by atoms with Gasteiger partial charge in [-0.2, -0.15) is 0 Å². The van der Waals surface area contributed by atoms with Crippen LogP contribution in [0.25, 0.3) is 0 Å². The fourth-order valence-electron chi connectivity index (χ4n) is 4.06. The Bertz CT molecular complexity index is 534. The minimum Gasteiger partial charge on any atom is -0.370 e. The number of anilines is 1. The highest BCUT2D eigenvalue weighted by atomic mass is 16.1. The monoisotopic (exact) mass is 285 g/mol. The molecule has 1 heterocycles. The van der Waals surface area contributed by atoms with Gasteiger partial charge in [0.2, 0.25) is 0 Å². The zero-order valence-corrected chi connectivity index (χ0v) is 13.6. The molecule has 1 aromatic rings. The molecule has 1 saturated carbocycles. The predicted octanol–water partition coefficient (Wildman–Crippen LogP) is 4.08. The maximum Gasteiger partial charge on any atom is 0.137 e. The first kappa shape index (κ1) is 14.6. The number of hydrogen-bond donors (Lipinski definition) is 0. The molecule has 21 heavy (non-hydrogen) atoms. The SMILES string of the molecule is CC1Cc2ccccc2N(CC2CC(C)(C)CCC2=O)C1. The Hall–Kier alpha value is -1.31. The molecule has 2 unspecified atom stereocenters. The fourth-order valence-corrected chi connectivity index (χ4v) is 4.06. The Morgan fingerprint density at radius 2 is 2.05 bits per heavy atom. The Labute approximate surface area is 128 Å². The van der Waals surface area contributed by atoms with Crippen molar-refractivity contribution in [3.63, 3.8) is 0 Å². The van der Waals surface area contributed by atoms with Gasteiger partial charge >= 0.3 is 0 Å². The van der Waals surface area contributed by atoms with Crippen molar-refractivity contribution in [3.05, 3.63) is 29.8 Å². The van der Waals surface area contributed by atoms with Crippen molar-refractivity contribution in [2.24, 2.45) is 17.3 Å². The number of carbonyl (C=O) groups excluding carboxylic acids is 1. The first-order chi connectivity index (χ1) is 9.94. The molecule has 0 aromatic heterocycles. The van der Waals surface area contributed by atoms with E-state index < -0.39 is 0 Å². The van der Waals surface area contributed by atoms with Crippen LogP contribution in [0.4, 0.5) is 5.69 Å². The van der Waals surface area contributed by atoms with Gasteiger partial charge in [-0.05, 0) is 42.2 Å². The van der Waals surface area contributed by atoms with Gasteiger partial charge in [-0.15, -0.1) is 0 Å². The van der Waals surface area contributed by atoms with E-state index in [4.69, 9.17) is 0 Å². The van der Waals surface area contributed by atoms with Crippen molar-refractivity contribution in [2.75, 3.05) is 18.0 Å². The van der Waals surface area contributed by atoms with Gasteiger partial charge in [0.25, 0.3) is 0 Å². The molecule has 2 aliphatic rings. The van der Waals surface area contributed by atoms with Crippen LogP contribution in [0.1, 0.15) is 45.6 Å². The van der Waals surface area contributed by atoms with Crippen molar-refractivity contribution in [1.82, 2.24) is 0 Å². The molecule has 2 heteroatoms. The highest BCUT2D eigenvalue weighted by Crippen LogP contribution is 2.38. The van der Waals surface area contributed by atoms with Crippen molar-refractivity contribution < 1.29 is 4.79 Å². The van der Waals surface area contributed by atoms with Gasteiger partial charge in [0, 0.05) is 31.1 Å². The lowest BCUT2D eigenvalue weighted by atomic mass is 9.71. The highest BCUT2D eigenvalue weighted by Gasteiger charge is 2.35. The lowest BCUT2D eigenvalue weighted by Crippen LogP contribution is -2.42. The summed E-state index contributed by atoms with van der Waals surface area (Å²) in [4.78, 5) is 14.8. The second kappa shape index (κ2) is 5.47. The molecule has 3 rings (SSSR count). The molecule has 0 bridgehead atoms. The van der Waals surface area contributed by atoms with Crippen molar-refractivity contribution >= 4 is 11.5 Å². The van der Waals surface area contributed by atoms with Gasteiger partial charge in [0.1, 0.15) is 5.78 Å². The Balaban J connectivity index is 1.80. The summed E-state index contributed by atoms with van der Waals surface area (Å²) in [5.41, 5.74) is 3.12. The maximum absolute atomic E-state index is 12.3. The zero-order valence-electron chi connectivity index (χ0n) is 13.6. The van der Waals surface area contributed by atoms with Crippen molar-refractivity contribution in [3.8, 4) is 0 Å². The van der Waals surface area contributed by atoms with Gasteiger partial charge in [0.15, 0.2) is 0 Å². The van der Waals surface area contributed by atoms with Crippen LogP contribution in [0, 0.1) is 17.3 Å². The Morgan fingerprint density at radius 1 is 1.29 bits per heavy atom. The number of ketones is 1. The molecule has 0 amide bonds. The standard InChI is InChI=1S/C19H27NO/c1-14-10-15-6-4-5-7-17(15)20(12-14)13-16-11-19(2,3)9-8-18(16)21/h4-7,14,16H,8-13H2,1-3H3. The third-order valence-electron chi connectivity index (χ3n) is 5.18. The summed E-state index contributed by atoms with van der Waals surface area (Å²) in [6.45, 7) is 8.92. The van der Waals surface area contributed by atoms with Crippen molar-refractivity contribution in [2.45, 2.75) is 46.5 Å². The number of benzene rings is 1. The van der Waals surface area contributed by atoms with Crippen LogP contribution in [0.3, 0.4) is 0 Å². The summed E-state index contributed by atoms with van der Waals surface area (Å²) < 4.78 is 0. The van der Waals surface area contributed by atoms with E-state index in [2.05, 4.69) is 49.9 Å². The molecule has 1 aliphatic heterocycles. The fraction of sp³-hybridized carbons (Fsp3) is 0.632.